The fourth-order valence-corrected chi connectivity index (χ4v) is 3.44. The van der Waals surface area contributed by atoms with Crippen LogP contribution in [0.5, 0.6) is 0 Å². The summed E-state index contributed by atoms with van der Waals surface area (Å²) in [6.07, 6.45) is 3.95. The summed E-state index contributed by atoms with van der Waals surface area (Å²) in [4.78, 5) is 0. The minimum atomic E-state index is -3.55. The van der Waals surface area contributed by atoms with Crippen molar-refractivity contribution in [3.05, 3.63) is 0 Å². The normalized spacial score (nSPS) is 28.3. The topological polar surface area (TPSA) is 96.0 Å². The van der Waals surface area contributed by atoms with Crippen molar-refractivity contribution in [2.45, 2.75) is 56.4 Å². The molecule has 92 valence electrons. The Morgan fingerprint density at radius 3 is 2.62 bits per heavy atom. The second-order valence-electron chi connectivity index (χ2n) is 4.24. The van der Waals surface area contributed by atoms with Crippen LogP contribution in [0.25, 0.3) is 0 Å². The zero-order chi connectivity index (χ0) is 12.2. The summed E-state index contributed by atoms with van der Waals surface area (Å²) in [5.74, 6) is 0. The van der Waals surface area contributed by atoms with E-state index in [9.17, 15) is 8.42 Å². The van der Waals surface area contributed by atoms with Crippen molar-refractivity contribution >= 4 is 10.0 Å². The lowest BCUT2D eigenvalue weighted by Gasteiger charge is -2.29. The van der Waals surface area contributed by atoms with Gasteiger partial charge in [0.2, 0.25) is 10.0 Å². The summed E-state index contributed by atoms with van der Waals surface area (Å²) in [5.41, 5.74) is 5.86. The fraction of sp³-hybridized carbons (Fsp3) is 0.900. The molecule has 1 rings (SSSR count). The Balaban J connectivity index is 2.68. The zero-order valence-electron chi connectivity index (χ0n) is 9.52. The largest absolute Gasteiger partial charge is 0.326 e. The van der Waals surface area contributed by atoms with Crippen molar-refractivity contribution in [2.24, 2.45) is 5.73 Å². The first-order chi connectivity index (χ1) is 7.51. The highest BCUT2D eigenvalue weighted by Crippen LogP contribution is 2.18. The maximum atomic E-state index is 11.8. The van der Waals surface area contributed by atoms with E-state index in [0.717, 1.165) is 25.7 Å². The predicted molar refractivity (Wildman–Crippen MR) is 62.0 cm³/mol. The molecule has 1 aliphatic rings. The van der Waals surface area contributed by atoms with Crippen molar-refractivity contribution in [1.82, 2.24) is 4.72 Å². The van der Waals surface area contributed by atoms with Crippen molar-refractivity contribution < 1.29 is 8.42 Å². The van der Waals surface area contributed by atoms with Gasteiger partial charge in [0.05, 0.1) is 6.07 Å². The van der Waals surface area contributed by atoms with Gasteiger partial charge in [-0.2, -0.15) is 5.26 Å². The molecule has 3 atom stereocenters. The van der Waals surface area contributed by atoms with Crippen LogP contribution in [-0.4, -0.2) is 25.8 Å². The molecule has 1 saturated carbocycles. The maximum Gasteiger partial charge on any atom is 0.228 e. The second-order valence-corrected chi connectivity index (χ2v) is 6.14. The maximum absolute atomic E-state index is 11.8. The van der Waals surface area contributed by atoms with Gasteiger partial charge in [0.15, 0.2) is 5.25 Å². The highest BCUT2D eigenvalue weighted by molar-refractivity contribution is 7.90. The zero-order valence-corrected chi connectivity index (χ0v) is 10.3. The molecular formula is C10H19N3O2S. The van der Waals surface area contributed by atoms with Crippen LogP contribution in [0.1, 0.15) is 39.0 Å². The number of hydrogen-bond donors (Lipinski definition) is 2. The van der Waals surface area contributed by atoms with Gasteiger partial charge in [-0.25, -0.2) is 13.1 Å². The summed E-state index contributed by atoms with van der Waals surface area (Å²) < 4.78 is 26.2. The molecular weight excluding hydrogens is 226 g/mol. The number of sulfonamides is 1. The Bertz CT molecular complexity index is 361. The smallest absolute Gasteiger partial charge is 0.228 e. The Morgan fingerprint density at radius 2 is 2.12 bits per heavy atom. The summed E-state index contributed by atoms with van der Waals surface area (Å²) in [5, 5.41) is 7.79. The molecule has 0 amide bonds. The van der Waals surface area contributed by atoms with E-state index in [-0.39, 0.29) is 12.1 Å². The molecule has 0 aromatic rings. The molecule has 0 aromatic carbocycles. The molecule has 1 fully saturated rings. The van der Waals surface area contributed by atoms with E-state index in [0.29, 0.717) is 6.42 Å². The first-order valence-electron chi connectivity index (χ1n) is 5.67. The Morgan fingerprint density at radius 1 is 1.50 bits per heavy atom. The van der Waals surface area contributed by atoms with Gasteiger partial charge in [0, 0.05) is 12.1 Å². The molecule has 3 N–H and O–H groups in total. The van der Waals surface area contributed by atoms with Crippen LogP contribution >= 0.6 is 0 Å². The molecule has 0 heterocycles. The van der Waals surface area contributed by atoms with Gasteiger partial charge >= 0.3 is 0 Å². The van der Waals surface area contributed by atoms with Crippen molar-refractivity contribution in [3.63, 3.8) is 0 Å². The van der Waals surface area contributed by atoms with Gasteiger partial charge < -0.3 is 5.73 Å². The van der Waals surface area contributed by atoms with Crippen LogP contribution in [-0.2, 0) is 10.0 Å². The SMILES string of the molecule is CCC(C#N)S(=O)(=O)N[C@@H]1CCCC[C@H]1N. The fourth-order valence-electron chi connectivity index (χ4n) is 1.98. The second kappa shape index (κ2) is 5.62. The molecule has 1 unspecified atom stereocenters. The van der Waals surface area contributed by atoms with Gasteiger partial charge in [0.1, 0.15) is 0 Å². The first kappa shape index (κ1) is 13.4. The first-order valence-corrected chi connectivity index (χ1v) is 7.22. The molecule has 0 radical (unpaired) electrons. The van der Waals surface area contributed by atoms with E-state index in [1.807, 2.05) is 0 Å². The van der Waals surface area contributed by atoms with Crippen molar-refractivity contribution in [3.8, 4) is 6.07 Å². The molecule has 0 bridgehead atoms. The number of nitrogens with one attached hydrogen (secondary N) is 1. The lowest BCUT2D eigenvalue weighted by atomic mass is 9.92. The Hall–Kier alpha value is -0.640. The summed E-state index contributed by atoms with van der Waals surface area (Å²) >= 11 is 0. The number of rotatable bonds is 4. The third-order valence-electron chi connectivity index (χ3n) is 3.02. The third-order valence-corrected chi connectivity index (χ3v) is 4.84. The monoisotopic (exact) mass is 245 g/mol. The predicted octanol–water partition coefficient (Wildman–Crippen LogP) is 0.478. The molecule has 0 aromatic heterocycles. The standard InChI is InChI=1S/C10H19N3O2S/c1-2-8(7-11)16(14,15)13-10-6-4-3-5-9(10)12/h8-10,13H,2-6,12H2,1H3/t8?,9-,10-/m1/s1. The average Bonchev–Trinajstić information content (AvgIpc) is 2.22. The molecule has 6 heteroatoms. The Labute approximate surface area is 97.1 Å². The van der Waals surface area contributed by atoms with Gasteiger partial charge in [-0.1, -0.05) is 19.8 Å². The average molecular weight is 245 g/mol. The van der Waals surface area contributed by atoms with Crippen LogP contribution in [0, 0.1) is 11.3 Å². The molecule has 0 aliphatic heterocycles. The van der Waals surface area contributed by atoms with Crippen molar-refractivity contribution in [2.75, 3.05) is 0 Å². The third kappa shape index (κ3) is 3.17. The number of hydrogen-bond acceptors (Lipinski definition) is 4. The van der Waals surface area contributed by atoms with Gasteiger partial charge in [-0.3, -0.25) is 0 Å². The summed E-state index contributed by atoms with van der Waals surface area (Å²) in [7, 11) is -3.55. The van der Waals surface area contributed by atoms with Crippen LogP contribution in [0.4, 0.5) is 0 Å². The van der Waals surface area contributed by atoms with Crippen LogP contribution < -0.4 is 10.5 Å². The summed E-state index contributed by atoms with van der Waals surface area (Å²) in [6.45, 7) is 1.69. The lowest BCUT2D eigenvalue weighted by Crippen LogP contribution is -2.51. The molecule has 16 heavy (non-hydrogen) atoms. The highest BCUT2D eigenvalue weighted by atomic mass is 32.2. The minimum absolute atomic E-state index is 0.125. The Kier molecular flexibility index (Phi) is 4.71. The van der Waals surface area contributed by atoms with Gasteiger partial charge in [0.25, 0.3) is 0 Å². The molecule has 5 nitrogen and oxygen atoms in total. The van der Waals surface area contributed by atoms with E-state index >= 15 is 0 Å². The van der Waals surface area contributed by atoms with Crippen molar-refractivity contribution in [1.29, 1.82) is 5.26 Å². The van der Waals surface area contributed by atoms with E-state index in [1.54, 1.807) is 13.0 Å². The minimum Gasteiger partial charge on any atom is -0.326 e. The van der Waals surface area contributed by atoms with Gasteiger partial charge in [-0.05, 0) is 19.3 Å². The highest BCUT2D eigenvalue weighted by Gasteiger charge is 2.30. The molecule has 1 aliphatic carbocycles. The lowest BCUT2D eigenvalue weighted by molar-refractivity contribution is 0.360. The van der Waals surface area contributed by atoms with Crippen LogP contribution in [0.2, 0.25) is 0 Å². The van der Waals surface area contributed by atoms with E-state index in [2.05, 4.69) is 4.72 Å². The molecule has 0 spiro atoms. The van der Waals surface area contributed by atoms with E-state index in [4.69, 9.17) is 11.0 Å². The number of nitriles is 1. The van der Waals surface area contributed by atoms with Crippen LogP contribution in [0.3, 0.4) is 0 Å². The van der Waals surface area contributed by atoms with E-state index in [1.165, 1.54) is 0 Å². The number of nitrogens with zero attached hydrogens (tertiary/aromatic N) is 1. The van der Waals surface area contributed by atoms with Crippen LogP contribution in [0.15, 0.2) is 0 Å². The van der Waals surface area contributed by atoms with E-state index < -0.39 is 15.3 Å². The quantitative estimate of drug-likeness (QED) is 0.753. The number of nitrogens with two attached hydrogens (primary N) is 1. The molecule has 0 saturated heterocycles. The van der Waals surface area contributed by atoms with Gasteiger partial charge in [-0.15, -0.1) is 0 Å². The summed E-state index contributed by atoms with van der Waals surface area (Å²) in [6, 6.07) is 1.47.